The average molecular weight is 494 g/mol. The van der Waals surface area contributed by atoms with E-state index < -0.39 is 17.7 Å². The number of carbonyl (C=O) groups excluding carboxylic acids is 2. The first-order valence-corrected chi connectivity index (χ1v) is 10.7. The van der Waals surface area contributed by atoms with Gasteiger partial charge in [0.2, 0.25) is 0 Å². The van der Waals surface area contributed by atoms with Gasteiger partial charge < -0.3 is 19.2 Å². The molecule has 2 aromatic carbocycles. The molecule has 0 saturated carbocycles. The number of nitrogens with zero attached hydrogens (tertiary/aromatic N) is 1. The average Bonchev–Trinajstić information content (AvgIpc) is 3.40. The van der Waals surface area contributed by atoms with Gasteiger partial charge in [0.15, 0.2) is 0 Å². The SMILES string of the molecule is C=CCOc1ccc(C2C(=C(O)c3ccc(Br)cc3)C(=O)C(=O)N2Cc2ccco2)cc1. The van der Waals surface area contributed by atoms with Gasteiger partial charge in [-0.2, -0.15) is 0 Å². The van der Waals surface area contributed by atoms with Crippen molar-refractivity contribution in [2.24, 2.45) is 0 Å². The maximum Gasteiger partial charge on any atom is 0.296 e. The number of Topliss-reactive ketones (excluding diaryl/α,β-unsaturated/α-hetero) is 1. The zero-order valence-electron chi connectivity index (χ0n) is 17.0. The van der Waals surface area contributed by atoms with Gasteiger partial charge in [-0.15, -0.1) is 0 Å². The van der Waals surface area contributed by atoms with Gasteiger partial charge in [-0.25, -0.2) is 0 Å². The van der Waals surface area contributed by atoms with Gasteiger partial charge in [0, 0.05) is 10.0 Å². The van der Waals surface area contributed by atoms with Crippen molar-refractivity contribution in [1.29, 1.82) is 0 Å². The summed E-state index contributed by atoms with van der Waals surface area (Å²) in [5.41, 5.74) is 1.14. The number of furan rings is 1. The lowest BCUT2D eigenvalue weighted by Gasteiger charge is -2.24. The Hall–Kier alpha value is -3.58. The van der Waals surface area contributed by atoms with Crippen LogP contribution in [-0.2, 0) is 16.1 Å². The molecule has 0 aliphatic carbocycles. The van der Waals surface area contributed by atoms with Crippen LogP contribution in [0.3, 0.4) is 0 Å². The van der Waals surface area contributed by atoms with Crippen LogP contribution in [0.2, 0.25) is 0 Å². The molecule has 1 aromatic heterocycles. The normalized spacial score (nSPS) is 17.5. The molecule has 1 saturated heterocycles. The lowest BCUT2D eigenvalue weighted by atomic mass is 9.95. The van der Waals surface area contributed by atoms with Crippen molar-refractivity contribution in [2.75, 3.05) is 6.61 Å². The third-order valence-electron chi connectivity index (χ3n) is 5.13. The van der Waals surface area contributed by atoms with Crippen LogP contribution < -0.4 is 4.74 Å². The molecule has 1 aliphatic heterocycles. The number of hydrogen-bond donors (Lipinski definition) is 1. The minimum Gasteiger partial charge on any atom is -0.507 e. The van der Waals surface area contributed by atoms with Crippen LogP contribution in [0.5, 0.6) is 5.75 Å². The number of rotatable bonds is 7. The fourth-order valence-corrected chi connectivity index (χ4v) is 3.89. The molecule has 6 nitrogen and oxygen atoms in total. The lowest BCUT2D eigenvalue weighted by molar-refractivity contribution is -0.140. The number of amides is 1. The van der Waals surface area contributed by atoms with Crippen molar-refractivity contribution in [2.45, 2.75) is 12.6 Å². The highest BCUT2D eigenvalue weighted by atomic mass is 79.9. The highest BCUT2D eigenvalue weighted by molar-refractivity contribution is 9.10. The fourth-order valence-electron chi connectivity index (χ4n) is 3.62. The summed E-state index contributed by atoms with van der Waals surface area (Å²) in [5, 5.41) is 11.1. The van der Waals surface area contributed by atoms with E-state index in [1.54, 1.807) is 66.7 Å². The van der Waals surface area contributed by atoms with Gasteiger partial charge in [0.25, 0.3) is 11.7 Å². The van der Waals surface area contributed by atoms with Gasteiger partial charge in [0.05, 0.1) is 24.4 Å². The summed E-state index contributed by atoms with van der Waals surface area (Å²) in [6, 6.07) is 16.6. The summed E-state index contributed by atoms with van der Waals surface area (Å²) < 4.78 is 11.8. The molecular weight excluding hydrogens is 474 g/mol. The van der Waals surface area contributed by atoms with E-state index in [4.69, 9.17) is 9.15 Å². The summed E-state index contributed by atoms with van der Waals surface area (Å²) in [6.07, 6.45) is 3.15. The highest BCUT2D eigenvalue weighted by Crippen LogP contribution is 2.40. The standard InChI is InChI=1S/C25H20BrNO5/c1-2-13-31-19-11-7-16(8-12-19)22-21(23(28)17-5-9-18(26)10-6-17)24(29)25(30)27(22)15-20-4-3-14-32-20/h2-12,14,22,28H,1,13,15H2. The molecule has 7 heteroatoms. The molecule has 0 spiro atoms. The second-order valence-electron chi connectivity index (χ2n) is 7.18. The Kier molecular flexibility index (Phi) is 6.28. The molecule has 4 rings (SSSR count). The molecule has 2 heterocycles. The molecule has 3 aromatic rings. The second-order valence-corrected chi connectivity index (χ2v) is 8.10. The number of hydrogen-bond acceptors (Lipinski definition) is 5. The molecule has 162 valence electrons. The van der Waals surface area contributed by atoms with Gasteiger partial charge in [0.1, 0.15) is 23.9 Å². The zero-order valence-corrected chi connectivity index (χ0v) is 18.6. The summed E-state index contributed by atoms with van der Waals surface area (Å²) in [6.45, 7) is 4.08. The number of ether oxygens (including phenoxy) is 1. The number of halogens is 1. The third-order valence-corrected chi connectivity index (χ3v) is 5.66. The Bertz CT molecular complexity index is 1160. The summed E-state index contributed by atoms with van der Waals surface area (Å²) in [5.74, 6) is -0.503. The minimum atomic E-state index is -0.780. The van der Waals surface area contributed by atoms with Crippen LogP contribution in [-0.4, -0.2) is 28.3 Å². The van der Waals surface area contributed by atoms with Crippen LogP contribution in [0.4, 0.5) is 0 Å². The van der Waals surface area contributed by atoms with Crippen molar-refractivity contribution in [1.82, 2.24) is 4.90 Å². The van der Waals surface area contributed by atoms with Gasteiger partial charge in [-0.05, 0) is 42.0 Å². The largest absolute Gasteiger partial charge is 0.507 e. The summed E-state index contributed by atoms with van der Waals surface area (Å²) >= 11 is 3.36. The monoisotopic (exact) mass is 493 g/mol. The van der Waals surface area contributed by atoms with E-state index in [1.807, 2.05) is 0 Å². The molecule has 32 heavy (non-hydrogen) atoms. The van der Waals surface area contributed by atoms with Crippen LogP contribution in [0.25, 0.3) is 5.76 Å². The van der Waals surface area contributed by atoms with Crippen molar-refractivity contribution in [3.05, 3.63) is 107 Å². The number of ketones is 1. The van der Waals surface area contributed by atoms with Crippen molar-refractivity contribution in [3.8, 4) is 5.75 Å². The van der Waals surface area contributed by atoms with Gasteiger partial charge in [-0.3, -0.25) is 9.59 Å². The number of aliphatic hydroxyl groups is 1. The molecular formula is C25H20BrNO5. The molecule has 0 radical (unpaired) electrons. The van der Waals surface area contributed by atoms with Crippen molar-refractivity contribution < 1.29 is 23.8 Å². The zero-order chi connectivity index (χ0) is 22.7. The Morgan fingerprint density at radius 2 is 1.84 bits per heavy atom. The minimum absolute atomic E-state index is 0.0311. The number of carbonyl (C=O) groups is 2. The first-order valence-electron chi connectivity index (χ1n) is 9.90. The maximum atomic E-state index is 13.0. The summed E-state index contributed by atoms with van der Waals surface area (Å²) in [7, 11) is 0. The quantitative estimate of drug-likeness (QED) is 0.211. The van der Waals surface area contributed by atoms with E-state index in [2.05, 4.69) is 22.5 Å². The predicted octanol–water partition coefficient (Wildman–Crippen LogP) is 5.23. The van der Waals surface area contributed by atoms with Crippen LogP contribution >= 0.6 is 15.9 Å². The molecule has 1 N–H and O–H groups in total. The van der Waals surface area contributed by atoms with Crippen LogP contribution in [0.15, 0.2) is 94.0 Å². The molecule has 0 bridgehead atoms. The predicted molar refractivity (Wildman–Crippen MR) is 123 cm³/mol. The molecule has 1 atom stereocenters. The second kappa shape index (κ2) is 9.28. The summed E-state index contributed by atoms with van der Waals surface area (Å²) in [4.78, 5) is 27.4. The first kappa shape index (κ1) is 21.6. The maximum absolute atomic E-state index is 13.0. The van der Waals surface area contributed by atoms with Crippen molar-refractivity contribution >= 4 is 33.4 Å². The smallest absolute Gasteiger partial charge is 0.296 e. The number of benzene rings is 2. The van der Waals surface area contributed by atoms with E-state index in [0.29, 0.717) is 29.2 Å². The molecule has 1 amide bonds. The van der Waals surface area contributed by atoms with Crippen LogP contribution in [0.1, 0.15) is 22.9 Å². The van der Waals surface area contributed by atoms with E-state index in [1.165, 1.54) is 11.2 Å². The van der Waals surface area contributed by atoms with E-state index in [-0.39, 0.29) is 17.9 Å². The van der Waals surface area contributed by atoms with Gasteiger partial charge >= 0.3 is 0 Å². The number of likely N-dealkylation sites (tertiary alicyclic amines) is 1. The first-order chi connectivity index (χ1) is 15.5. The lowest BCUT2D eigenvalue weighted by Crippen LogP contribution is -2.29. The van der Waals surface area contributed by atoms with Crippen molar-refractivity contribution in [3.63, 3.8) is 0 Å². The Morgan fingerprint density at radius 1 is 1.12 bits per heavy atom. The molecule has 1 fully saturated rings. The van der Waals surface area contributed by atoms with E-state index in [9.17, 15) is 14.7 Å². The Balaban J connectivity index is 1.80. The van der Waals surface area contributed by atoms with Crippen LogP contribution in [0, 0.1) is 0 Å². The van der Waals surface area contributed by atoms with E-state index in [0.717, 1.165) is 4.47 Å². The fraction of sp³-hybridized carbons (Fsp3) is 0.120. The molecule has 1 aliphatic rings. The highest BCUT2D eigenvalue weighted by Gasteiger charge is 2.46. The Morgan fingerprint density at radius 3 is 2.47 bits per heavy atom. The molecule has 1 unspecified atom stereocenters. The number of aliphatic hydroxyl groups excluding tert-OH is 1. The Labute approximate surface area is 193 Å². The topological polar surface area (TPSA) is 80.0 Å². The van der Waals surface area contributed by atoms with Gasteiger partial charge in [-0.1, -0.05) is 52.9 Å². The van der Waals surface area contributed by atoms with E-state index >= 15 is 0 Å². The third kappa shape index (κ3) is 4.24.